The smallest absolute Gasteiger partial charge is 0.254 e. The van der Waals surface area contributed by atoms with Gasteiger partial charge < -0.3 is 25.6 Å². The Morgan fingerprint density at radius 1 is 1.37 bits per heavy atom. The molecule has 2 rings (SSSR count). The van der Waals surface area contributed by atoms with Gasteiger partial charge >= 0.3 is 0 Å². The SMILES string of the molecule is CCNC(=NCc1ccc(C(=O)N2CCNC(=O)C2)cc1)NC(C)COC. The zero-order valence-corrected chi connectivity index (χ0v) is 16.2. The number of carbonyl (C=O) groups is 2. The average molecular weight is 375 g/mol. The van der Waals surface area contributed by atoms with Gasteiger partial charge in [-0.25, -0.2) is 4.99 Å². The number of nitrogens with one attached hydrogen (secondary N) is 3. The van der Waals surface area contributed by atoms with Crippen LogP contribution in [0.5, 0.6) is 0 Å². The third-order valence-electron chi connectivity index (χ3n) is 4.09. The molecule has 1 aromatic rings. The Hall–Kier alpha value is -2.61. The van der Waals surface area contributed by atoms with E-state index in [-0.39, 0.29) is 24.4 Å². The van der Waals surface area contributed by atoms with Gasteiger partial charge in [-0.15, -0.1) is 0 Å². The van der Waals surface area contributed by atoms with Crippen LogP contribution in [0.15, 0.2) is 29.3 Å². The number of methoxy groups -OCH3 is 1. The quantitative estimate of drug-likeness (QED) is 0.472. The monoisotopic (exact) mass is 375 g/mol. The second-order valence-corrected chi connectivity index (χ2v) is 6.47. The van der Waals surface area contributed by atoms with Crippen molar-refractivity contribution < 1.29 is 14.3 Å². The van der Waals surface area contributed by atoms with Gasteiger partial charge in [-0.2, -0.15) is 0 Å². The van der Waals surface area contributed by atoms with Crippen LogP contribution in [-0.2, 0) is 16.1 Å². The van der Waals surface area contributed by atoms with E-state index in [0.717, 1.165) is 18.1 Å². The maximum absolute atomic E-state index is 12.5. The van der Waals surface area contributed by atoms with Crippen LogP contribution in [0.3, 0.4) is 0 Å². The molecule has 3 N–H and O–H groups in total. The topological polar surface area (TPSA) is 95.1 Å². The van der Waals surface area contributed by atoms with E-state index in [2.05, 4.69) is 20.9 Å². The van der Waals surface area contributed by atoms with E-state index in [0.29, 0.717) is 31.8 Å². The fraction of sp³-hybridized carbons (Fsp3) is 0.526. The van der Waals surface area contributed by atoms with Crippen molar-refractivity contribution >= 4 is 17.8 Å². The van der Waals surface area contributed by atoms with E-state index < -0.39 is 0 Å². The molecule has 1 saturated heterocycles. The van der Waals surface area contributed by atoms with E-state index in [1.807, 2.05) is 26.0 Å². The molecule has 0 aliphatic carbocycles. The number of ether oxygens (including phenoxy) is 1. The number of nitrogens with zero attached hydrogens (tertiary/aromatic N) is 2. The summed E-state index contributed by atoms with van der Waals surface area (Å²) in [7, 11) is 1.67. The zero-order valence-electron chi connectivity index (χ0n) is 16.2. The summed E-state index contributed by atoms with van der Waals surface area (Å²) in [5.74, 6) is 0.483. The highest BCUT2D eigenvalue weighted by Crippen LogP contribution is 2.10. The molecule has 148 valence electrons. The third kappa shape index (κ3) is 6.56. The molecule has 2 amide bonds. The van der Waals surface area contributed by atoms with Crippen molar-refractivity contribution in [2.24, 2.45) is 4.99 Å². The van der Waals surface area contributed by atoms with E-state index >= 15 is 0 Å². The third-order valence-corrected chi connectivity index (χ3v) is 4.09. The summed E-state index contributed by atoms with van der Waals surface area (Å²) in [6.45, 7) is 7.04. The second kappa shape index (κ2) is 10.5. The van der Waals surface area contributed by atoms with Gasteiger partial charge in [-0.3, -0.25) is 9.59 Å². The number of hydrogen-bond acceptors (Lipinski definition) is 4. The molecule has 0 aromatic heterocycles. The number of guanidine groups is 1. The van der Waals surface area contributed by atoms with Crippen molar-refractivity contribution in [3.8, 4) is 0 Å². The summed E-state index contributed by atoms with van der Waals surface area (Å²) < 4.78 is 5.13. The van der Waals surface area contributed by atoms with Crippen LogP contribution < -0.4 is 16.0 Å². The number of amides is 2. The Labute approximate surface area is 160 Å². The Kier molecular flexibility index (Phi) is 8.06. The van der Waals surface area contributed by atoms with Crippen molar-refractivity contribution in [2.75, 3.05) is 39.9 Å². The summed E-state index contributed by atoms with van der Waals surface area (Å²) in [6, 6.07) is 7.50. The van der Waals surface area contributed by atoms with Crippen LogP contribution in [0.4, 0.5) is 0 Å². The van der Waals surface area contributed by atoms with Crippen LogP contribution in [0.2, 0.25) is 0 Å². The summed E-state index contributed by atoms with van der Waals surface area (Å²) in [4.78, 5) is 30.1. The molecule has 1 atom stereocenters. The molecule has 1 aromatic carbocycles. The van der Waals surface area contributed by atoms with Gasteiger partial charge in [0.05, 0.1) is 19.7 Å². The molecule has 1 heterocycles. The molecule has 27 heavy (non-hydrogen) atoms. The summed E-state index contributed by atoms with van der Waals surface area (Å²) >= 11 is 0. The van der Waals surface area contributed by atoms with Gasteiger partial charge in [0.15, 0.2) is 5.96 Å². The lowest BCUT2D eigenvalue weighted by atomic mass is 10.1. The highest BCUT2D eigenvalue weighted by Gasteiger charge is 2.22. The predicted molar refractivity (Wildman–Crippen MR) is 105 cm³/mol. The highest BCUT2D eigenvalue weighted by atomic mass is 16.5. The molecular weight excluding hydrogens is 346 g/mol. The van der Waals surface area contributed by atoms with Crippen molar-refractivity contribution in [2.45, 2.75) is 26.4 Å². The maximum atomic E-state index is 12.5. The average Bonchev–Trinajstić information content (AvgIpc) is 2.66. The fourth-order valence-electron chi connectivity index (χ4n) is 2.76. The van der Waals surface area contributed by atoms with Crippen LogP contribution in [-0.4, -0.2) is 68.6 Å². The van der Waals surface area contributed by atoms with Gasteiger partial charge in [-0.05, 0) is 31.5 Å². The zero-order chi connectivity index (χ0) is 19.6. The molecular formula is C19H29N5O3. The standard InChI is InChI=1S/C19H29N5O3/c1-4-20-19(23-14(2)13-27-3)22-11-15-5-7-16(8-6-15)18(26)24-10-9-21-17(25)12-24/h5-8,14H,4,9-13H2,1-3H3,(H,21,25)(H2,20,22,23). The Balaban J connectivity index is 1.96. The largest absolute Gasteiger partial charge is 0.383 e. The number of piperazine rings is 1. The Bertz CT molecular complexity index is 660. The first-order chi connectivity index (χ1) is 13.0. The molecule has 8 heteroatoms. The van der Waals surface area contributed by atoms with E-state index in [9.17, 15) is 9.59 Å². The van der Waals surface area contributed by atoms with E-state index in [1.54, 1.807) is 24.1 Å². The molecule has 1 fully saturated rings. The highest BCUT2D eigenvalue weighted by molar-refractivity contribution is 5.97. The van der Waals surface area contributed by atoms with Gasteiger partial charge in [0, 0.05) is 38.3 Å². The lowest BCUT2D eigenvalue weighted by molar-refractivity contribution is -0.123. The first kappa shape index (κ1) is 20.7. The Morgan fingerprint density at radius 3 is 2.74 bits per heavy atom. The maximum Gasteiger partial charge on any atom is 0.254 e. The molecule has 0 radical (unpaired) electrons. The summed E-state index contributed by atoms with van der Waals surface area (Å²) in [5.41, 5.74) is 1.58. The van der Waals surface area contributed by atoms with Crippen molar-refractivity contribution in [1.82, 2.24) is 20.9 Å². The molecule has 1 aliphatic rings. The van der Waals surface area contributed by atoms with Crippen LogP contribution in [0.25, 0.3) is 0 Å². The Morgan fingerprint density at radius 2 is 2.11 bits per heavy atom. The lowest BCUT2D eigenvalue weighted by Crippen LogP contribution is -2.49. The normalized spacial score (nSPS) is 15.9. The second-order valence-electron chi connectivity index (χ2n) is 6.47. The minimum absolute atomic E-state index is 0.113. The van der Waals surface area contributed by atoms with Crippen LogP contribution in [0.1, 0.15) is 29.8 Å². The molecule has 0 saturated carbocycles. The molecule has 8 nitrogen and oxygen atoms in total. The number of carbonyl (C=O) groups excluding carboxylic acids is 2. The van der Waals surface area contributed by atoms with Crippen LogP contribution in [0, 0.1) is 0 Å². The minimum atomic E-state index is -0.122. The summed E-state index contributed by atoms with van der Waals surface area (Å²) in [5, 5.41) is 9.20. The van der Waals surface area contributed by atoms with Crippen molar-refractivity contribution in [1.29, 1.82) is 0 Å². The number of hydrogen-bond donors (Lipinski definition) is 3. The van der Waals surface area contributed by atoms with Crippen molar-refractivity contribution in [3.05, 3.63) is 35.4 Å². The van der Waals surface area contributed by atoms with Gasteiger partial charge in [0.1, 0.15) is 0 Å². The molecule has 1 aliphatic heterocycles. The first-order valence-corrected chi connectivity index (χ1v) is 9.22. The lowest BCUT2D eigenvalue weighted by Gasteiger charge is -2.26. The molecule has 0 bridgehead atoms. The number of rotatable bonds is 7. The number of benzene rings is 1. The summed E-state index contributed by atoms with van der Waals surface area (Å²) in [6.07, 6.45) is 0. The van der Waals surface area contributed by atoms with Crippen molar-refractivity contribution in [3.63, 3.8) is 0 Å². The molecule has 1 unspecified atom stereocenters. The van der Waals surface area contributed by atoms with Gasteiger partial charge in [0.2, 0.25) is 5.91 Å². The number of aliphatic imine (C=N–C) groups is 1. The fourth-order valence-corrected chi connectivity index (χ4v) is 2.76. The predicted octanol–water partition coefficient (Wildman–Crippen LogP) is 0.349. The first-order valence-electron chi connectivity index (χ1n) is 9.22. The minimum Gasteiger partial charge on any atom is -0.383 e. The van der Waals surface area contributed by atoms with Crippen LogP contribution >= 0.6 is 0 Å². The van der Waals surface area contributed by atoms with Gasteiger partial charge in [-0.1, -0.05) is 12.1 Å². The van der Waals surface area contributed by atoms with E-state index in [1.165, 1.54) is 0 Å². The molecule has 0 spiro atoms. The van der Waals surface area contributed by atoms with Gasteiger partial charge in [0.25, 0.3) is 5.91 Å². The van der Waals surface area contributed by atoms with E-state index in [4.69, 9.17) is 4.74 Å².